The van der Waals surface area contributed by atoms with Crippen LogP contribution in [0.25, 0.3) is 16.8 Å². The Labute approximate surface area is 208 Å². The van der Waals surface area contributed by atoms with Crippen LogP contribution >= 0.6 is 0 Å². The van der Waals surface area contributed by atoms with Crippen LogP contribution in [-0.4, -0.2) is 42.0 Å². The number of benzene rings is 1. The summed E-state index contributed by atoms with van der Waals surface area (Å²) in [5, 5.41) is 0. The fourth-order valence-corrected chi connectivity index (χ4v) is 5.26. The molecule has 178 valence electrons. The molecule has 0 bridgehead atoms. The predicted molar refractivity (Wildman–Crippen MR) is 135 cm³/mol. The third-order valence-corrected chi connectivity index (χ3v) is 7.03. The minimum absolute atomic E-state index is 0.00631. The number of hydrogen-bond acceptors (Lipinski definition) is 6. The number of nitrogens with zero attached hydrogens (tertiary/aromatic N) is 5. The van der Waals surface area contributed by atoms with Gasteiger partial charge in [0, 0.05) is 41.5 Å². The van der Waals surface area contributed by atoms with Crippen molar-refractivity contribution in [1.82, 2.24) is 24.3 Å². The molecule has 3 atom stereocenters. The summed E-state index contributed by atoms with van der Waals surface area (Å²) in [5.41, 5.74) is 9.83. The second-order valence-electron chi connectivity index (χ2n) is 9.25. The number of imidazole rings is 1. The lowest BCUT2D eigenvalue weighted by atomic mass is 10.0. The molecule has 4 heterocycles. The van der Waals surface area contributed by atoms with E-state index in [2.05, 4.69) is 21.8 Å². The van der Waals surface area contributed by atoms with Crippen LogP contribution in [0.3, 0.4) is 0 Å². The smallest absolute Gasteiger partial charge is 0.299 e. The molecule has 1 amide bonds. The maximum atomic E-state index is 12.8. The number of Topliss-reactive ketones (excluding diaryl/α,β-unsaturated/α-hetero) is 1. The van der Waals surface area contributed by atoms with Gasteiger partial charge in [0.15, 0.2) is 5.78 Å². The second kappa shape index (κ2) is 8.61. The number of rotatable bonds is 5. The quantitative estimate of drug-likeness (QED) is 0.349. The number of ketones is 1. The van der Waals surface area contributed by atoms with E-state index in [1.807, 2.05) is 45.8 Å². The zero-order chi connectivity index (χ0) is 24.8. The Morgan fingerprint density at radius 1 is 1.08 bits per heavy atom. The van der Waals surface area contributed by atoms with E-state index in [4.69, 9.17) is 10.7 Å². The number of carbonyl (C=O) groups is 2. The Morgan fingerprint density at radius 3 is 2.67 bits per heavy atom. The number of piperidine rings is 1. The average Bonchev–Trinajstić information content (AvgIpc) is 3.37. The molecule has 0 spiro atoms. The molecular weight excluding hydrogens is 452 g/mol. The minimum Gasteiger partial charge on any atom is -0.382 e. The van der Waals surface area contributed by atoms with Crippen LogP contribution in [0.4, 0.5) is 5.82 Å². The van der Waals surface area contributed by atoms with Gasteiger partial charge in [0.1, 0.15) is 22.9 Å². The molecule has 36 heavy (non-hydrogen) atoms. The monoisotopic (exact) mass is 476 g/mol. The maximum Gasteiger partial charge on any atom is 0.299 e. The molecule has 1 aliphatic heterocycles. The summed E-state index contributed by atoms with van der Waals surface area (Å²) in [5.74, 6) is 6.86. The summed E-state index contributed by atoms with van der Waals surface area (Å²) in [6.45, 7) is 1.67. The van der Waals surface area contributed by atoms with Crippen molar-refractivity contribution in [2.75, 3.05) is 5.73 Å². The van der Waals surface area contributed by atoms with Gasteiger partial charge < -0.3 is 10.6 Å². The first kappa shape index (κ1) is 22.0. The van der Waals surface area contributed by atoms with Crippen molar-refractivity contribution in [3.05, 3.63) is 78.1 Å². The van der Waals surface area contributed by atoms with E-state index in [-0.39, 0.29) is 30.2 Å². The first-order valence-electron chi connectivity index (χ1n) is 12.0. The highest BCUT2D eigenvalue weighted by atomic mass is 16.2. The normalized spacial score (nSPS) is 20.0. The topological polar surface area (TPSA) is 106 Å². The van der Waals surface area contributed by atoms with Crippen molar-refractivity contribution in [2.24, 2.45) is 5.92 Å². The first-order valence-corrected chi connectivity index (χ1v) is 12.0. The van der Waals surface area contributed by atoms with Gasteiger partial charge in [-0.2, -0.15) is 0 Å². The molecular formula is C28H24N6O2. The van der Waals surface area contributed by atoms with Gasteiger partial charge in [0.25, 0.3) is 5.91 Å². The van der Waals surface area contributed by atoms with E-state index in [0.29, 0.717) is 28.5 Å². The molecule has 6 rings (SSSR count). The number of carbonyl (C=O) groups excluding carboxylic acids is 2. The molecule has 3 aromatic heterocycles. The van der Waals surface area contributed by atoms with E-state index in [0.717, 1.165) is 29.9 Å². The lowest BCUT2D eigenvalue weighted by molar-refractivity contribution is -0.127. The number of aromatic nitrogens is 4. The Kier molecular flexibility index (Phi) is 5.26. The Bertz CT molecular complexity index is 1550. The SMILES string of the molecule is CC#CC(=O)N1C(c2nc(-c3ccc(C(=O)Cc4ccccn4)cc3)c3c(N)nccn23)CC2CC21. The number of amides is 1. The van der Waals surface area contributed by atoms with Crippen LogP contribution in [0.2, 0.25) is 0 Å². The molecule has 2 aliphatic rings. The zero-order valence-electron chi connectivity index (χ0n) is 19.8. The summed E-state index contributed by atoms with van der Waals surface area (Å²) in [7, 11) is 0. The van der Waals surface area contributed by atoms with E-state index >= 15 is 0 Å². The van der Waals surface area contributed by atoms with Crippen LogP contribution in [0.1, 0.15) is 47.7 Å². The second-order valence-corrected chi connectivity index (χ2v) is 9.25. The molecule has 3 unspecified atom stereocenters. The van der Waals surface area contributed by atoms with Crippen molar-refractivity contribution in [3.8, 4) is 23.1 Å². The van der Waals surface area contributed by atoms with Gasteiger partial charge in [-0.3, -0.25) is 19.0 Å². The molecule has 2 fully saturated rings. The third-order valence-electron chi connectivity index (χ3n) is 7.03. The van der Waals surface area contributed by atoms with Gasteiger partial charge in [-0.15, -0.1) is 0 Å². The number of nitrogen functional groups attached to an aromatic ring is 1. The van der Waals surface area contributed by atoms with Gasteiger partial charge in [0.2, 0.25) is 0 Å². The van der Waals surface area contributed by atoms with Crippen LogP contribution in [0, 0.1) is 17.8 Å². The summed E-state index contributed by atoms with van der Waals surface area (Å²) >= 11 is 0. The van der Waals surface area contributed by atoms with E-state index < -0.39 is 0 Å². The molecule has 2 N–H and O–H groups in total. The Morgan fingerprint density at radius 2 is 1.92 bits per heavy atom. The third kappa shape index (κ3) is 3.69. The first-order chi connectivity index (χ1) is 17.5. The molecule has 8 heteroatoms. The molecule has 1 aromatic carbocycles. The van der Waals surface area contributed by atoms with Gasteiger partial charge in [0.05, 0.1) is 12.5 Å². The highest BCUT2D eigenvalue weighted by Crippen LogP contribution is 2.53. The fraction of sp³-hybridized carbons (Fsp3) is 0.250. The predicted octanol–water partition coefficient (Wildman–Crippen LogP) is 3.48. The summed E-state index contributed by atoms with van der Waals surface area (Å²) < 4.78 is 1.94. The van der Waals surface area contributed by atoms with Crippen molar-refractivity contribution >= 4 is 23.0 Å². The van der Waals surface area contributed by atoms with Crippen LogP contribution in [0.5, 0.6) is 0 Å². The number of likely N-dealkylation sites (tertiary alicyclic amines) is 1. The molecule has 1 aliphatic carbocycles. The average molecular weight is 477 g/mol. The van der Waals surface area contributed by atoms with Gasteiger partial charge in [-0.05, 0) is 43.7 Å². The van der Waals surface area contributed by atoms with E-state index in [1.54, 1.807) is 31.5 Å². The molecule has 4 aromatic rings. The van der Waals surface area contributed by atoms with Crippen molar-refractivity contribution in [2.45, 2.75) is 38.3 Å². The summed E-state index contributed by atoms with van der Waals surface area (Å²) in [6.07, 6.45) is 7.27. The zero-order valence-corrected chi connectivity index (χ0v) is 19.8. The van der Waals surface area contributed by atoms with Gasteiger partial charge >= 0.3 is 0 Å². The largest absolute Gasteiger partial charge is 0.382 e. The van der Waals surface area contributed by atoms with Crippen LogP contribution in [-0.2, 0) is 11.2 Å². The van der Waals surface area contributed by atoms with Crippen molar-refractivity contribution < 1.29 is 9.59 Å². The number of fused-ring (bicyclic) bond motifs is 2. The molecule has 1 saturated heterocycles. The number of pyridine rings is 1. The Balaban J connectivity index is 1.36. The highest BCUT2D eigenvalue weighted by Gasteiger charge is 2.55. The summed E-state index contributed by atoms with van der Waals surface area (Å²) in [6, 6.07) is 12.9. The van der Waals surface area contributed by atoms with Crippen LogP contribution < -0.4 is 5.73 Å². The highest BCUT2D eigenvalue weighted by molar-refractivity contribution is 5.98. The number of anilines is 1. The minimum atomic E-state index is -0.177. The lowest BCUT2D eigenvalue weighted by Gasteiger charge is -2.24. The molecule has 8 nitrogen and oxygen atoms in total. The van der Waals surface area contributed by atoms with Gasteiger partial charge in [-0.25, -0.2) is 9.97 Å². The standard InChI is InChI=1S/C28H24N6O2/c1-2-5-24(36)34-21-14-19(21)15-22(34)28-32-25(26-27(29)31-12-13-33(26)28)18-9-7-17(8-10-18)23(35)16-20-6-3-4-11-30-20/h3-4,6-13,19,21-22H,14-16H2,1H3,(H2,29,31). The summed E-state index contributed by atoms with van der Waals surface area (Å²) in [4.78, 5) is 41.0. The van der Waals surface area contributed by atoms with Gasteiger partial charge in [-0.1, -0.05) is 36.3 Å². The lowest BCUT2D eigenvalue weighted by Crippen LogP contribution is -2.33. The van der Waals surface area contributed by atoms with E-state index in [1.165, 1.54) is 0 Å². The number of hydrogen-bond donors (Lipinski definition) is 1. The van der Waals surface area contributed by atoms with Crippen molar-refractivity contribution in [1.29, 1.82) is 0 Å². The van der Waals surface area contributed by atoms with E-state index in [9.17, 15) is 9.59 Å². The Hall–Kier alpha value is -4.51. The molecule has 1 saturated carbocycles. The van der Waals surface area contributed by atoms with Crippen molar-refractivity contribution in [3.63, 3.8) is 0 Å². The number of nitrogens with two attached hydrogens (primary N) is 1. The fourth-order valence-electron chi connectivity index (χ4n) is 5.26. The van der Waals surface area contributed by atoms with Crippen LogP contribution in [0.15, 0.2) is 61.1 Å². The maximum absolute atomic E-state index is 12.8. The molecule has 0 radical (unpaired) electrons.